The lowest BCUT2D eigenvalue weighted by molar-refractivity contribution is 0.268. The lowest BCUT2D eigenvalue weighted by Crippen LogP contribution is -2.18. The van der Waals surface area contributed by atoms with Gasteiger partial charge in [0.2, 0.25) is 0 Å². The van der Waals surface area contributed by atoms with Crippen molar-refractivity contribution in [3.8, 4) is 0 Å². The minimum Gasteiger partial charge on any atom is -0.394 e. The molecular weight excluding hydrogens is 262 g/mol. The van der Waals surface area contributed by atoms with Gasteiger partial charge < -0.3 is 10.4 Å². The summed E-state index contributed by atoms with van der Waals surface area (Å²) in [6.07, 6.45) is 4.81. The van der Waals surface area contributed by atoms with Crippen LogP contribution < -0.4 is 5.32 Å². The molecule has 0 fully saturated rings. The maximum absolute atomic E-state index is 8.81. The predicted molar refractivity (Wildman–Crippen MR) is 73.9 cm³/mol. The number of aliphatic hydroxyl groups excluding tert-OH is 1. The monoisotopic (exact) mass is 281 g/mol. The van der Waals surface area contributed by atoms with Crippen molar-refractivity contribution in [1.82, 2.24) is 25.3 Å². The summed E-state index contributed by atoms with van der Waals surface area (Å²) in [6, 6.07) is 0.202. The van der Waals surface area contributed by atoms with Gasteiger partial charge in [0.25, 0.3) is 0 Å². The Hall–Kier alpha value is -1.31. The van der Waals surface area contributed by atoms with E-state index in [0.717, 1.165) is 17.1 Å². The molecule has 2 aromatic rings. The molecule has 19 heavy (non-hydrogen) atoms. The molecule has 2 aromatic heterocycles. The lowest BCUT2D eigenvalue weighted by atomic mass is 10.3. The Balaban J connectivity index is 1.86. The summed E-state index contributed by atoms with van der Waals surface area (Å²) in [7, 11) is 0. The Morgan fingerprint density at radius 2 is 2.37 bits per heavy atom. The van der Waals surface area contributed by atoms with Crippen molar-refractivity contribution < 1.29 is 5.11 Å². The first-order chi connectivity index (χ1) is 9.22. The lowest BCUT2D eigenvalue weighted by Gasteiger charge is -2.08. The number of hydrogen-bond acceptors (Lipinski definition) is 6. The van der Waals surface area contributed by atoms with Gasteiger partial charge in [0.05, 0.1) is 24.9 Å². The van der Waals surface area contributed by atoms with Gasteiger partial charge in [-0.1, -0.05) is 12.1 Å². The Kier molecular flexibility index (Phi) is 5.00. The summed E-state index contributed by atoms with van der Waals surface area (Å²) in [4.78, 5) is 5.72. The van der Waals surface area contributed by atoms with Gasteiger partial charge in [0.1, 0.15) is 5.01 Å². The third-order valence-electron chi connectivity index (χ3n) is 2.79. The highest BCUT2D eigenvalue weighted by Crippen LogP contribution is 2.20. The van der Waals surface area contributed by atoms with Gasteiger partial charge in [-0.2, -0.15) is 0 Å². The number of nitrogens with zero attached hydrogens (tertiary/aromatic N) is 4. The van der Waals surface area contributed by atoms with E-state index in [9.17, 15) is 0 Å². The summed E-state index contributed by atoms with van der Waals surface area (Å²) in [5.41, 5.74) is 0.868. The summed E-state index contributed by atoms with van der Waals surface area (Å²) in [5, 5.41) is 21.3. The molecule has 2 N–H and O–H groups in total. The predicted octanol–water partition coefficient (Wildman–Crippen LogP) is 1.14. The van der Waals surface area contributed by atoms with E-state index in [4.69, 9.17) is 5.11 Å². The normalized spacial score (nSPS) is 12.8. The van der Waals surface area contributed by atoms with Crippen LogP contribution in [0.15, 0.2) is 12.4 Å². The molecule has 7 heteroatoms. The number of aliphatic hydroxyl groups is 1. The van der Waals surface area contributed by atoms with Crippen molar-refractivity contribution in [3.05, 3.63) is 28.0 Å². The smallest absolute Gasteiger partial charge is 0.109 e. The Morgan fingerprint density at radius 3 is 3.05 bits per heavy atom. The molecule has 0 bridgehead atoms. The van der Waals surface area contributed by atoms with Crippen molar-refractivity contribution in [2.24, 2.45) is 0 Å². The number of aryl methyl sites for hydroxylation is 1. The second-order valence-electron chi connectivity index (χ2n) is 4.32. The largest absolute Gasteiger partial charge is 0.394 e. The third kappa shape index (κ3) is 3.82. The minimum absolute atomic E-state index is 0.0749. The SMILES string of the molecule is CCc1cnc(C(C)NCc2cn(CCO)nn2)s1. The fourth-order valence-corrected chi connectivity index (χ4v) is 2.55. The molecule has 6 nitrogen and oxygen atoms in total. The minimum atomic E-state index is 0.0749. The van der Waals surface area contributed by atoms with Crippen molar-refractivity contribution in [3.63, 3.8) is 0 Å². The molecule has 0 radical (unpaired) electrons. The summed E-state index contributed by atoms with van der Waals surface area (Å²) >= 11 is 1.74. The highest BCUT2D eigenvalue weighted by molar-refractivity contribution is 7.11. The Labute approximate surface area is 116 Å². The molecule has 0 spiro atoms. The quantitative estimate of drug-likeness (QED) is 0.796. The first kappa shape index (κ1) is 14.1. The highest BCUT2D eigenvalue weighted by Gasteiger charge is 2.10. The molecule has 0 aromatic carbocycles. The van der Waals surface area contributed by atoms with E-state index in [1.807, 2.05) is 12.4 Å². The van der Waals surface area contributed by atoms with E-state index < -0.39 is 0 Å². The fraction of sp³-hybridized carbons (Fsp3) is 0.583. The van der Waals surface area contributed by atoms with Crippen LogP contribution in [-0.4, -0.2) is 31.7 Å². The molecule has 0 saturated carbocycles. The van der Waals surface area contributed by atoms with Gasteiger partial charge in [0.15, 0.2) is 0 Å². The van der Waals surface area contributed by atoms with Gasteiger partial charge >= 0.3 is 0 Å². The summed E-state index contributed by atoms with van der Waals surface area (Å²) in [5.74, 6) is 0. The molecule has 0 amide bonds. The maximum Gasteiger partial charge on any atom is 0.109 e. The molecule has 0 aliphatic rings. The standard InChI is InChI=1S/C12H19N5OS/c1-3-11-7-14-12(19-11)9(2)13-6-10-8-17(4-5-18)16-15-10/h7-9,13,18H,3-6H2,1-2H3. The average Bonchev–Trinajstić information content (AvgIpc) is 3.05. The number of rotatable bonds is 7. The Morgan fingerprint density at radius 1 is 1.53 bits per heavy atom. The van der Waals surface area contributed by atoms with E-state index in [1.54, 1.807) is 16.0 Å². The van der Waals surface area contributed by atoms with Gasteiger partial charge in [-0.05, 0) is 13.3 Å². The van der Waals surface area contributed by atoms with E-state index in [2.05, 4.69) is 34.5 Å². The van der Waals surface area contributed by atoms with Crippen LogP contribution in [0, 0.1) is 0 Å². The molecule has 0 saturated heterocycles. The molecule has 2 heterocycles. The van der Waals surface area contributed by atoms with Crippen LogP contribution in [0.4, 0.5) is 0 Å². The topological polar surface area (TPSA) is 75.9 Å². The van der Waals surface area contributed by atoms with E-state index in [1.165, 1.54) is 4.88 Å². The van der Waals surface area contributed by atoms with E-state index in [-0.39, 0.29) is 12.6 Å². The number of thiazole rings is 1. The number of nitrogens with one attached hydrogen (secondary N) is 1. The van der Waals surface area contributed by atoms with Crippen LogP contribution in [-0.2, 0) is 19.5 Å². The second kappa shape index (κ2) is 6.74. The zero-order chi connectivity index (χ0) is 13.7. The van der Waals surface area contributed by atoms with Crippen LogP contribution in [0.1, 0.15) is 35.5 Å². The number of hydrogen-bond donors (Lipinski definition) is 2. The van der Waals surface area contributed by atoms with Crippen molar-refractivity contribution >= 4 is 11.3 Å². The van der Waals surface area contributed by atoms with Crippen molar-refractivity contribution in [2.45, 2.75) is 39.4 Å². The first-order valence-electron chi connectivity index (χ1n) is 6.40. The van der Waals surface area contributed by atoms with Crippen LogP contribution in [0.25, 0.3) is 0 Å². The van der Waals surface area contributed by atoms with Crippen LogP contribution >= 0.6 is 11.3 Å². The molecule has 2 rings (SSSR count). The average molecular weight is 281 g/mol. The number of aromatic nitrogens is 4. The molecule has 104 valence electrons. The zero-order valence-electron chi connectivity index (χ0n) is 11.2. The molecule has 1 unspecified atom stereocenters. The molecule has 1 atom stereocenters. The first-order valence-corrected chi connectivity index (χ1v) is 7.22. The molecular formula is C12H19N5OS. The third-order valence-corrected chi connectivity index (χ3v) is 4.12. The van der Waals surface area contributed by atoms with Crippen LogP contribution in [0.3, 0.4) is 0 Å². The molecule has 0 aliphatic carbocycles. The van der Waals surface area contributed by atoms with Gasteiger partial charge in [-0.25, -0.2) is 9.67 Å². The van der Waals surface area contributed by atoms with Crippen LogP contribution in [0.2, 0.25) is 0 Å². The molecule has 0 aliphatic heterocycles. The van der Waals surface area contributed by atoms with E-state index >= 15 is 0 Å². The second-order valence-corrected chi connectivity index (χ2v) is 5.46. The van der Waals surface area contributed by atoms with Crippen molar-refractivity contribution in [2.75, 3.05) is 6.61 Å². The van der Waals surface area contributed by atoms with Gasteiger partial charge in [0, 0.05) is 23.8 Å². The van der Waals surface area contributed by atoms with Crippen molar-refractivity contribution in [1.29, 1.82) is 0 Å². The van der Waals surface area contributed by atoms with Gasteiger partial charge in [-0.15, -0.1) is 16.4 Å². The maximum atomic E-state index is 8.81. The van der Waals surface area contributed by atoms with Crippen LogP contribution in [0.5, 0.6) is 0 Å². The van der Waals surface area contributed by atoms with E-state index in [0.29, 0.717) is 13.1 Å². The van der Waals surface area contributed by atoms with Gasteiger partial charge in [-0.3, -0.25) is 0 Å². The highest BCUT2D eigenvalue weighted by atomic mass is 32.1. The summed E-state index contributed by atoms with van der Waals surface area (Å²) < 4.78 is 1.64. The Bertz CT molecular complexity index is 510. The summed E-state index contributed by atoms with van der Waals surface area (Å²) in [6.45, 7) is 5.43. The zero-order valence-corrected chi connectivity index (χ0v) is 12.0. The fourth-order valence-electron chi connectivity index (χ4n) is 1.66.